The average molecular weight is 281 g/mol. The summed E-state index contributed by atoms with van der Waals surface area (Å²) < 4.78 is 13.4. The van der Waals surface area contributed by atoms with Crippen LogP contribution in [0.3, 0.4) is 0 Å². The Bertz CT molecular complexity index is 821. The van der Waals surface area contributed by atoms with E-state index in [1.807, 2.05) is 30.3 Å². The molecule has 0 bridgehead atoms. The van der Waals surface area contributed by atoms with Crippen molar-refractivity contribution < 1.29 is 4.39 Å². The van der Waals surface area contributed by atoms with Crippen LogP contribution in [-0.2, 0) is 0 Å². The predicted octanol–water partition coefficient (Wildman–Crippen LogP) is 3.79. The molecule has 0 saturated heterocycles. The highest BCUT2D eigenvalue weighted by atomic mass is 32.2. The number of hydrogen-bond acceptors (Lipinski definition) is 4. The molecular weight excluding hydrogens is 273 g/mol. The average Bonchev–Trinajstić information content (AvgIpc) is 2.47. The summed E-state index contributed by atoms with van der Waals surface area (Å²) in [4.78, 5) is 9.06. The van der Waals surface area contributed by atoms with Crippen LogP contribution in [0.4, 0.5) is 4.39 Å². The maximum absolute atomic E-state index is 13.4. The van der Waals surface area contributed by atoms with Crippen molar-refractivity contribution in [1.29, 1.82) is 5.26 Å². The molecule has 0 fully saturated rings. The number of rotatable bonds is 2. The normalized spacial score (nSPS) is 10.4. The van der Waals surface area contributed by atoms with Crippen LogP contribution >= 0.6 is 11.8 Å². The van der Waals surface area contributed by atoms with Gasteiger partial charge in [0, 0.05) is 10.3 Å². The van der Waals surface area contributed by atoms with Gasteiger partial charge < -0.3 is 0 Å². The molecular formula is C15H8FN3S. The van der Waals surface area contributed by atoms with Gasteiger partial charge in [0.25, 0.3) is 0 Å². The molecule has 0 amide bonds. The van der Waals surface area contributed by atoms with E-state index in [-0.39, 0.29) is 0 Å². The minimum Gasteiger partial charge on any atom is -0.236 e. The maximum Gasteiger partial charge on any atom is 0.125 e. The van der Waals surface area contributed by atoms with Crippen molar-refractivity contribution in [3.05, 3.63) is 60.2 Å². The van der Waals surface area contributed by atoms with Crippen LogP contribution in [0.25, 0.3) is 10.9 Å². The van der Waals surface area contributed by atoms with Gasteiger partial charge in [-0.1, -0.05) is 30.0 Å². The van der Waals surface area contributed by atoms with E-state index in [4.69, 9.17) is 5.26 Å². The first-order valence-electron chi connectivity index (χ1n) is 5.84. The van der Waals surface area contributed by atoms with Crippen LogP contribution in [-0.4, -0.2) is 9.97 Å². The molecule has 20 heavy (non-hydrogen) atoms. The Balaban J connectivity index is 2.06. The number of benzene rings is 2. The molecule has 0 saturated carbocycles. The van der Waals surface area contributed by atoms with E-state index < -0.39 is 5.82 Å². The van der Waals surface area contributed by atoms with Crippen molar-refractivity contribution >= 4 is 22.7 Å². The summed E-state index contributed by atoms with van der Waals surface area (Å²) in [5, 5.41) is 10.5. The molecule has 0 unspecified atom stereocenters. The SMILES string of the molecule is N#Cc1cc(F)cc(Sc2ncnc3ccccc23)c1. The van der Waals surface area contributed by atoms with Crippen molar-refractivity contribution in [1.82, 2.24) is 9.97 Å². The minimum atomic E-state index is -0.426. The van der Waals surface area contributed by atoms with Gasteiger partial charge in [-0.25, -0.2) is 14.4 Å². The molecule has 3 aromatic rings. The van der Waals surface area contributed by atoms with Crippen molar-refractivity contribution in [2.45, 2.75) is 9.92 Å². The summed E-state index contributed by atoms with van der Waals surface area (Å²) in [5.74, 6) is -0.426. The number of para-hydroxylation sites is 1. The van der Waals surface area contributed by atoms with Gasteiger partial charge in [-0.05, 0) is 24.3 Å². The number of nitriles is 1. The van der Waals surface area contributed by atoms with E-state index in [0.717, 1.165) is 15.9 Å². The Kier molecular flexibility index (Phi) is 3.32. The molecule has 1 heterocycles. The van der Waals surface area contributed by atoms with Gasteiger partial charge in [-0.2, -0.15) is 5.26 Å². The summed E-state index contributed by atoms with van der Waals surface area (Å²) in [7, 11) is 0. The Morgan fingerprint density at radius 3 is 2.80 bits per heavy atom. The van der Waals surface area contributed by atoms with Gasteiger partial charge in [0.1, 0.15) is 17.2 Å². The fourth-order valence-electron chi connectivity index (χ4n) is 1.86. The summed E-state index contributed by atoms with van der Waals surface area (Å²) in [6.07, 6.45) is 1.48. The number of aromatic nitrogens is 2. The molecule has 2 aromatic carbocycles. The van der Waals surface area contributed by atoms with Gasteiger partial charge in [0.2, 0.25) is 0 Å². The van der Waals surface area contributed by atoms with Gasteiger partial charge in [0.15, 0.2) is 0 Å². The predicted molar refractivity (Wildman–Crippen MR) is 74.8 cm³/mol. The second-order valence-electron chi connectivity index (χ2n) is 4.09. The highest BCUT2D eigenvalue weighted by Crippen LogP contribution is 2.31. The van der Waals surface area contributed by atoms with Gasteiger partial charge in [-0.15, -0.1) is 0 Å². The quantitative estimate of drug-likeness (QED) is 0.670. The Hall–Kier alpha value is -2.45. The molecule has 0 spiro atoms. The number of fused-ring (bicyclic) bond motifs is 1. The van der Waals surface area contributed by atoms with E-state index in [0.29, 0.717) is 10.5 Å². The molecule has 0 N–H and O–H groups in total. The van der Waals surface area contributed by atoms with Crippen molar-refractivity contribution in [3.8, 4) is 6.07 Å². The largest absolute Gasteiger partial charge is 0.236 e. The number of halogens is 1. The van der Waals surface area contributed by atoms with E-state index in [2.05, 4.69) is 9.97 Å². The van der Waals surface area contributed by atoms with Crippen LogP contribution in [0.5, 0.6) is 0 Å². The van der Waals surface area contributed by atoms with Crippen molar-refractivity contribution in [2.24, 2.45) is 0 Å². The number of nitrogens with zero attached hydrogens (tertiary/aromatic N) is 3. The molecule has 3 nitrogen and oxygen atoms in total. The zero-order valence-electron chi connectivity index (χ0n) is 10.2. The van der Waals surface area contributed by atoms with Gasteiger partial charge in [0.05, 0.1) is 17.1 Å². The first kappa shape index (κ1) is 12.6. The van der Waals surface area contributed by atoms with Crippen LogP contribution in [0, 0.1) is 17.1 Å². The summed E-state index contributed by atoms with van der Waals surface area (Å²) in [6.45, 7) is 0. The Morgan fingerprint density at radius 2 is 1.95 bits per heavy atom. The van der Waals surface area contributed by atoms with Gasteiger partial charge in [-0.3, -0.25) is 0 Å². The molecule has 0 aliphatic rings. The summed E-state index contributed by atoms with van der Waals surface area (Å²) >= 11 is 1.32. The Labute approximate surface area is 119 Å². The first-order valence-corrected chi connectivity index (χ1v) is 6.66. The monoisotopic (exact) mass is 281 g/mol. The van der Waals surface area contributed by atoms with E-state index in [1.54, 1.807) is 6.07 Å². The fraction of sp³-hybridized carbons (Fsp3) is 0. The van der Waals surface area contributed by atoms with Crippen LogP contribution in [0.1, 0.15) is 5.56 Å². The third-order valence-corrected chi connectivity index (χ3v) is 3.71. The molecule has 3 rings (SSSR count). The van der Waals surface area contributed by atoms with Crippen LogP contribution < -0.4 is 0 Å². The zero-order valence-corrected chi connectivity index (χ0v) is 11.1. The second-order valence-corrected chi connectivity index (χ2v) is 5.15. The third kappa shape index (κ3) is 2.46. The molecule has 1 aromatic heterocycles. The maximum atomic E-state index is 13.4. The zero-order chi connectivity index (χ0) is 13.9. The smallest absolute Gasteiger partial charge is 0.125 e. The lowest BCUT2D eigenvalue weighted by molar-refractivity contribution is 0.623. The highest BCUT2D eigenvalue weighted by Gasteiger charge is 2.07. The van der Waals surface area contributed by atoms with Crippen molar-refractivity contribution in [3.63, 3.8) is 0 Å². The molecule has 0 atom stereocenters. The van der Waals surface area contributed by atoms with Crippen LogP contribution in [0.15, 0.2) is 58.7 Å². The van der Waals surface area contributed by atoms with E-state index >= 15 is 0 Å². The standard InChI is InChI=1S/C15H8FN3S/c16-11-5-10(8-17)6-12(7-11)20-15-13-3-1-2-4-14(13)18-9-19-15/h1-7,9H. The Morgan fingerprint density at radius 1 is 1.10 bits per heavy atom. The van der Waals surface area contributed by atoms with E-state index in [9.17, 15) is 4.39 Å². The highest BCUT2D eigenvalue weighted by molar-refractivity contribution is 7.99. The summed E-state index contributed by atoms with van der Waals surface area (Å²) in [6, 6.07) is 13.8. The van der Waals surface area contributed by atoms with E-state index in [1.165, 1.54) is 30.2 Å². The van der Waals surface area contributed by atoms with Gasteiger partial charge >= 0.3 is 0 Å². The molecule has 96 valence electrons. The number of hydrogen-bond donors (Lipinski definition) is 0. The third-order valence-electron chi connectivity index (χ3n) is 2.72. The van der Waals surface area contributed by atoms with Crippen LogP contribution in [0.2, 0.25) is 0 Å². The second kappa shape index (κ2) is 5.27. The minimum absolute atomic E-state index is 0.297. The lowest BCUT2D eigenvalue weighted by Gasteiger charge is -2.05. The first-order chi connectivity index (χ1) is 9.76. The molecule has 0 aliphatic heterocycles. The molecule has 5 heteroatoms. The van der Waals surface area contributed by atoms with Crippen molar-refractivity contribution in [2.75, 3.05) is 0 Å². The fourth-order valence-corrected chi connectivity index (χ4v) is 2.82. The summed E-state index contributed by atoms with van der Waals surface area (Å²) in [5.41, 5.74) is 1.13. The lowest BCUT2D eigenvalue weighted by atomic mass is 10.2. The molecule has 0 aliphatic carbocycles. The topological polar surface area (TPSA) is 49.6 Å². The molecule has 0 radical (unpaired) electrons. The lowest BCUT2D eigenvalue weighted by Crippen LogP contribution is -1.87.